The van der Waals surface area contributed by atoms with E-state index < -0.39 is 0 Å². The molecule has 1 atom stereocenters. The molecule has 0 spiro atoms. The quantitative estimate of drug-likeness (QED) is 0.741. The molecule has 4 nitrogen and oxygen atoms in total. The molecule has 4 heteroatoms. The number of rotatable bonds is 5. The Morgan fingerprint density at radius 2 is 1.62 bits per heavy atom. The molecule has 0 aromatic heterocycles. The Hall–Kier alpha value is -1.23. The summed E-state index contributed by atoms with van der Waals surface area (Å²) in [7, 11) is 1.78. The Bertz CT molecular complexity index is 559. The number of methoxy groups -OCH3 is 1. The summed E-state index contributed by atoms with van der Waals surface area (Å²) in [5.41, 5.74) is 1.57. The number of ether oxygens (including phenoxy) is 1. The van der Waals surface area contributed by atoms with Crippen molar-refractivity contribution >= 4 is 5.78 Å². The van der Waals surface area contributed by atoms with E-state index in [1.165, 1.54) is 0 Å². The number of benzene rings is 1. The van der Waals surface area contributed by atoms with Crippen LogP contribution in [0, 0.1) is 0 Å². The summed E-state index contributed by atoms with van der Waals surface area (Å²) in [4.78, 5) is 17.8. The lowest BCUT2D eigenvalue weighted by molar-refractivity contribution is -0.314. The van der Waals surface area contributed by atoms with Crippen LogP contribution < -0.4 is 0 Å². The summed E-state index contributed by atoms with van der Waals surface area (Å²) in [6.07, 6.45) is 2.04. The Kier molecular flexibility index (Phi) is 5.53. The molecule has 134 valence electrons. The van der Waals surface area contributed by atoms with Crippen LogP contribution in [-0.2, 0) is 9.57 Å². The lowest BCUT2D eigenvalue weighted by atomic mass is 9.80. The lowest BCUT2D eigenvalue weighted by Crippen LogP contribution is -2.61. The van der Waals surface area contributed by atoms with Crippen molar-refractivity contribution in [2.24, 2.45) is 0 Å². The van der Waals surface area contributed by atoms with Gasteiger partial charge in [-0.3, -0.25) is 9.63 Å². The van der Waals surface area contributed by atoms with E-state index in [9.17, 15) is 4.79 Å². The molecular weight excluding hydrogens is 302 g/mol. The molecule has 1 aliphatic heterocycles. The number of carbonyl (C=O) groups is 1. The second-order valence-electron chi connectivity index (χ2n) is 8.11. The maximum Gasteiger partial charge on any atom is 0.159 e. The number of hydrogen-bond acceptors (Lipinski definition) is 4. The van der Waals surface area contributed by atoms with E-state index >= 15 is 0 Å². The zero-order valence-corrected chi connectivity index (χ0v) is 16.1. The first-order valence-electron chi connectivity index (χ1n) is 8.67. The van der Waals surface area contributed by atoms with E-state index in [0.717, 1.165) is 24.0 Å². The Balaban J connectivity index is 2.17. The van der Waals surface area contributed by atoms with Crippen molar-refractivity contribution in [3.8, 4) is 0 Å². The highest BCUT2D eigenvalue weighted by Gasteiger charge is 2.47. The molecule has 1 saturated heterocycles. The van der Waals surface area contributed by atoms with Gasteiger partial charge in [-0.1, -0.05) is 24.3 Å². The molecule has 1 heterocycles. The normalized spacial score (nSPS) is 22.3. The van der Waals surface area contributed by atoms with Gasteiger partial charge in [0.25, 0.3) is 0 Å². The van der Waals surface area contributed by atoms with Gasteiger partial charge in [-0.15, -0.1) is 0 Å². The first kappa shape index (κ1) is 19.1. The Morgan fingerprint density at radius 1 is 1.12 bits per heavy atom. The van der Waals surface area contributed by atoms with E-state index in [1.807, 2.05) is 24.3 Å². The molecule has 0 N–H and O–H groups in total. The highest BCUT2D eigenvalue weighted by molar-refractivity contribution is 5.94. The van der Waals surface area contributed by atoms with Gasteiger partial charge in [0.05, 0.1) is 6.10 Å². The monoisotopic (exact) mass is 333 g/mol. The molecule has 0 saturated carbocycles. The summed E-state index contributed by atoms with van der Waals surface area (Å²) < 4.78 is 5.62. The predicted molar refractivity (Wildman–Crippen MR) is 96.0 cm³/mol. The molecule has 24 heavy (non-hydrogen) atoms. The summed E-state index contributed by atoms with van der Waals surface area (Å²) >= 11 is 0. The van der Waals surface area contributed by atoms with Crippen molar-refractivity contribution in [1.29, 1.82) is 0 Å². The summed E-state index contributed by atoms with van der Waals surface area (Å²) in [5.74, 6) is 0.0824. The number of hydroxylamine groups is 2. The van der Waals surface area contributed by atoms with Crippen molar-refractivity contribution in [3.63, 3.8) is 0 Å². The Labute approximate surface area is 146 Å². The van der Waals surface area contributed by atoms with Gasteiger partial charge in [0, 0.05) is 23.8 Å². The van der Waals surface area contributed by atoms with Gasteiger partial charge >= 0.3 is 0 Å². The summed E-state index contributed by atoms with van der Waals surface area (Å²) in [5, 5.41) is 2.14. The number of hydrogen-bond donors (Lipinski definition) is 0. The molecule has 0 amide bonds. The minimum absolute atomic E-state index is 0.0800. The van der Waals surface area contributed by atoms with Crippen molar-refractivity contribution in [3.05, 3.63) is 35.4 Å². The highest BCUT2D eigenvalue weighted by Crippen LogP contribution is 2.41. The van der Waals surface area contributed by atoms with Crippen LogP contribution in [0.25, 0.3) is 0 Å². The number of Topliss-reactive ketones (excluding diaryl/α,β-unsaturated/α-hetero) is 1. The SMILES string of the molecule is COC1CC(C)(C)N(OC(C)c2ccc(C(C)=O)cc2)C(C)(C)C1. The second-order valence-corrected chi connectivity index (χ2v) is 8.11. The van der Waals surface area contributed by atoms with Crippen LogP contribution in [0.2, 0.25) is 0 Å². The van der Waals surface area contributed by atoms with E-state index in [1.54, 1.807) is 14.0 Å². The van der Waals surface area contributed by atoms with E-state index in [-0.39, 0.29) is 29.1 Å². The second kappa shape index (κ2) is 6.95. The van der Waals surface area contributed by atoms with Gasteiger partial charge in [-0.2, -0.15) is 5.06 Å². The van der Waals surface area contributed by atoms with Gasteiger partial charge in [-0.25, -0.2) is 0 Å². The fourth-order valence-electron chi connectivity index (χ4n) is 3.83. The van der Waals surface area contributed by atoms with Crippen LogP contribution in [0.15, 0.2) is 24.3 Å². The topological polar surface area (TPSA) is 38.8 Å². The molecule has 0 bridgehead atoms. The average Bonchev–Trinajstić information content (AvgIpc) is 2.49. The first-order chi connectivity index (χ1) is 11.1. The third kappa shape index (κ3) is 4.05. The lowest BCUT2D eigenvalue weighted by Gasteiger charge is -2.54. The fraction of sp³-hybridized carbons (Fsp3) is 0.650. The smallest absolute Gasteiger partial charge is 0.159 e. The number of nitrogens with zero attached hydrogens (tertiary/aromatic N) is 1. The number of ketones is 1. The third-order valence-corrected chi connectivity index (χ3v) is 4.94. The standard InChI is InChI=1S/C20H31NO3/c1-14(22)16-8-10-17(11-9-16)15(2)24-21-19(3,4)12-18(23-7)13-20(21,5)6/h8-11,15,18H,12-13H2,1-7H3. The van der Waals surface area contributed by atoms with Crippen LogP contribution in [-0.4, -0.2) is 35.1 Å². The third-order valence-electron chi connectivity index (χ3n) is 4.94. The molecule has 1 unspecified atom stereocenters. The van der Waals surface area contributed by atoms with Gasteiger partial charge in [0.15, 0.2) is 5.78 Å². The van der Waals surface area contributed by atoms with Crippen molar-refractivity contribution in [1.82, 2.24) is 5.06 Å². The summed E-state index contributed by atoms with van der Waals surface area (Å²) in [6.45, 7) is 12.4. The number of carbonyl (C=O) groups excluding carboxylic acids is 1. The summed E-state index contributed by atoms with van der Waals surface area (Å²) in [6, 6.07) is 7.68. The maximum absolute atomic E-state index is 11.4. The zero-order valence-electron chi connectivity index (χ0n) is 16.1. The van der Waals surface area contributed by atoms with Crippen molar-refractivity contribution < 1.29 is 14.4 Å². The molecule has 1 aliphatic rings. The number of piperidine rings is 1. The molecule has 2 rings (SSSR count). The van der Waals surface area contributed by atoms with Crippen LogP contribution >= 0.6 is 0 Å². The van der Waals surface area contributed by atoms with Gasteiger partial charge in [0.2, 0.25) is 0 Å². The molecule has 1 aromatic carbocycles. The van der Waals surface area contributed by atoms with Gasteiger partial charge in [-0.05, 0) is 59.9 Å². The Morgan fingerprint density at radius 3 is 2.04 bits per heavy atom. The van der Waals surface area contributed by atoms with Crippen molar-refractivity contribution in [2.45, 2.75) is 77.7 Å². The minimum atomic E-state index is -0.115. The molecular formula is C20H31NO3. The largest absolute Gasteiger partial charge is 0.381 e. The van der Waals surface area contributed by atoms with E-state index in [2.05, 4.69) is 39.7 Å². The molecule has 0 aliphatic carbocycles. The maximum atomic E-state index is 11.4. The molecule has 1 aromatic rings. The van der Waals surface area contributed by atoms with Crippen LogP contribution in [0.5, 0.6) is 0 Å². The van der Waals surface area contributed by atoms with E-state index in [4.69, 9.17) is 9.57 Å². The highest BCUT2D eigenvalue weighted by atomic mass is 16.7. The van der Waals surface area contributed by atoms with Crippen molar-refractivity contribution in [2.75, 3.05) is 7.11 Å². The van der Waals surface area contributed by atoms with Gasteiger partial charge in [0.1, 0.15) is 6.10 Å². The van der Waals surface area contributed by atoms with E-state index in [0.29, 0.717) is 0 Å². The molecule has 0 radical (unpaired) electrons. The minimum Gasteiger partial charge on any atom is -0.381 e. The van der Waals surface area contributed by atoms with Crippen LogP contribution in [0.4, 0.5) is 0 Å². The zero-order chi connectivity index (χ0) is 18.1. The first-order valence-corrected chi connectivity index (χ1v) is 8.67. The van der Waals surface area contributed by atoms with Crippen LogP contribution in [0.1, 0.15) is 76.4 Å². The molecule has 1 fully saturated rings. The van der Waals surface area contributed by atoms with Gasteiger partial charge < -0.3 is 4.74 Å². The predicted octanol–water partition coefficient (Wildman–Crippen LogP) is 4.55. The van der Waals surface area contributed by atoms with Crippen LogP contribution in [0.3, 0.4) is 0 Å². The average molecular weight is 333 g/mol. The fourth-order valence-corrected chi connectivity index (χ4v) is 3.83.